The van der Waals surface area contributed by atoms with Gasteiger partial charge < -0.3 is 24.6 Å². The van der Waals surface area contributed by atoms with E-state index in [0.717, 1.165) is 33.2 Å². The third-order valence-corrected chi connectivity index (χ3v) is 9.01. The zero-order valence-electron chi connectivity index (χ0n) is 23.7. The molecule has 1 aliphatic carbocycles. The number of aromatic hydroxyl groups is 1. The lowest BCUT2D eigenvalue weighted by molar-refractivity contribution is -0.141. The molecule has 0 bridgehead atoms. The van der Waals surface area contributed by atoms with Crippen LogP contribution in [0, 0.1) is 17.8 Å². The van der Waals surface area contributed by atoms with Gasteiger partial charge >= 0.3 is 13.1 Å². The summed E-state index contributed by atoms with van der Waals surface area (Å²) in [5.74, 6) is -2.39. The van der Waals surface area contributed by atoms with Gasteiger partial charge in [0.2, 0.25) is 11.8 Å². The second kappa shape index (κ2) is 14.1. The Balaban J connectivity index is 1.53. The van der Waals surface area contributed by atoms with Crippen molar-refractivity contribution in [2.24, 2.45) is 17.8 Å². The number of amides is 2. The van der Waals surface area contributed by atoms with Crippen LogP contribution in [0.25, 0.3) is 6.08 Å². The Bertz CT molecular complexity index is 1220. The van der Waals surface area contributed by atoms with Gasteiger partial charge in [0.25, 0.3) is 0 Å². The Labute approximate surface area is 249 Å². The van der Waals surface area contributed by atoms with Crippen molar-refractivity contribution in [1.29, 1.82) is 0 Å². The molecule has 2 aliphatic heterocycles. The van der Waals surface area contributed by atoms with Crippen molar-refractivity contribution in [1.82, 2.24) is 4.90 Å². The average Bonchev–Trinajstić information content (AvgIpc) is 3.16. The number of allylic oxidation sites excluding steroid dienone is 1. The van der Waals surface area contributed by atoms with Crippen LogP contribution in [0.15, 0.2) is 39.4 Å². The fraction of sp³-hybridized carbons (Fsp3) is 0.567. The Kier molecular flexibility index (Phi) is 10.8. The van der Waals surface area contributed by atoms with Crippen molar-refractivity contribution >= 4 is 46.9 Å². The fourth-order valence-corrected chi connectivity index (χ4v) is 6.99. The number of carbonyl (C=O) groups excluding carboxylic acids is 2. The van der Waals surface area contributed by atoms with Gasteiger partial charge in [0.1, 0.15) is 5.75 Å². The minimum Gasteiger partial charge on any atom is -0.507 e. The number of nitrogens with zero attached hydrogens (tertiary/aromatic N) is 1. The number of hydrogen-bond acceptors (Lipinski definition) is 7. The molecule has 1 aromatic carbocycles. The Morgan fingerprint density at radius 1 is 1.20 bits per heavy atom. The smallest absolute Gasteiger partial charge is 0.455 e. The van der Waals surface area contributed by atoms with Gasteiger partial charge in [0, 0.05) is 30.1 Å². The molecule has 4 rings (SSSR count). The number of carboxylic acids is 1. The fourth-order valence-electron chi connectivity index (χ4n) is 6.61. The molecule has 4 atom stereocenters. The summed E-state index contributed by atoms with van der Waals surface area (Å²) in [5.41, 5.74) is 3.77. The summed E-state index contributed by atoms with van der Waals surface area (Å²) in [6, 6.07) is 5.29. The van der Waals surface area contributed by atoms with Crippen molar-refractivity contribution in [2.75, 3.05) is 20.3 Å². The summed E-state index contributed by atoms with van der Waals surface area (Å²) in [6.45, 7) is 2.66. The molecular formula is C30H39BBrNO8. The predicted molar refractivity (Wildman–Crippen MR) is 158 cm³/mol. The first-order valence-electron chi connectivity index (χ1n) is 14.4. The van der Waals surface area contributed by atoms with E-state index >= 15 is 0 Å². The lowest BCUT2D eigenvalue weighted by Crippen LogP contribution is -2.46. The van der Waals surface area contributed by atoms with Gasteiger partial charge in [-0.15, -0.1) is 0 Å². The minimum absolute atomic E-state index is 0.0706. The highest BCUT2D eigenvalue weighted by molar-refractivity contribution is 9.10. The number of imide groups is 1. The summed E-state index contributed by atoms with van der Waals surface area (Å²) in [5, 5.41) is 29.9. The number of likely N-dealkylation sites (tertiary alicyclic amines) is 1. The molecule has 2 amide bonds. The number of fused-ring (bicyclic) bond motifs is 3. The van der Waals surface area contributed by atoms with E-state index in [1.807, 2.05) is 12.1 Å². The van der Waals surface area contributed by atoms with Crippen LogP contribution in [-0.2, 0) is 23.8 Å². The molecule has 2 heterocycles. The van der Waals surface area contributed by atoms with Crippen molar-refractivity contribution < 1.29 is 39.0 Å². The molecule has 2 fully saturated rings. The van der Waals surface area contributed by atoms with E-state index in [4.69, 9.17) is 14.5 Å². The number of carboxylic acid groups (broad SMARTS) is 1. The van der Waals surface area contributed by atoms with Crippen molar-refractivity contribution in [3.63, 3.8) is 0 Å². The molecule has 0 radical (unpaired) electrons. The zero-order chi connectivity index (χ0) is 29.7. The van der Waals surface area contributed by atoms with Gasteiger partial charge in [-0.05, 0) is 80.1 Å². The maximum atomic E-state index is 13.6. The third-order valence-electron chi connectivity index (χ3n) is 8.52. The number of carbonyl (C=O) groups is 3. The molecule has 11 heteroatoms. The standard InChI is InChI=1S/C30H39BBrNO8/c1-3-18(13-19-14-21(32)9-10-24(19)34)8-11-25-27-20(17-40-2)15-22-28(23(27)16-31(39)41-25)30(38)33(29(22)37)12-6-4-5-7-26(35)36/h9-10,13-14,22-23,25,28,34,39H,3-8,11-12,15-17H2,1-2H3,(H,35,36)/b18-13+/t22-,23+,25-,28-/m1/s1. The lowest BCUT2D eigenvalue weighted by Gasteiger charge is -2.43. The van der Waals surface area contributed by atoms with Gasteiger partial charge in [0.05, 0.1) is 24.5 Å². The first kappa shape index (κ1) is 31.5. The van der Waals surface area contributed by atoms with E-state index in [2.05, 4.69) is 22.9 Å². The number of unbranched alkanes of at least 4 members (excludes halogenated alkanes) is 2. The number of benzene rings is 1. The van der Waals surface area contributed by atoms with Crippen LogP contribution in [0.5, 0.6) is 5.75 Å². The molecule has 0 aromatic heterocycles. The number of phenolic OH excluding ortho intramolecular Hbond substituents is 1. The first-order valence-corrected chi connectivity index (χ1v) is 15.2. The average molecular weight is 632 g/mol. The summed E-state index contributed by atoms with van der Waals surface area (Å²) >= 11 is 3.45. The molecule has 222 valence electrons. The number of hydrogen-bond donors (Lipinski definition) is 3. The summed E-state index contributed by atoms with van der Waals surface area (Å²) < 4.78 is 12.5. The number of phenols is 1. The molecule has 3 N–H and O–H groups in total. The Hall–Kier alpha value is -2.47. The molecule has 0 unspecified atom stereocenters. The third kappa shape index (κ3) is 7.31. The first-order chi connectivity index (χ1) is 19.6. The maximum Gasteiger partial charge on any atom is 0.455 e. The molecular weight excluding hydrogens is 593 g/mol. The highest BCUT2D eigenvalue weighted by Gasteiger charge is 2.57. The van der Waals surface area contributed by atoms with Crippen molar-refractivity contribution in [3.8, 4) is 5.75 Å². The summed E-state index contributed by atoms with van der Waals surface area (Å²) in [4.78, 5) is 39.2. The zero-order valence-corrected chi connectivity index (χ0v) is 25.3. The van der Waals surface area contributed by atoms with E-state index in [9.17, 15) is 24.5 Å². The summed E-state index contributed by atoms with van der Waals surface area (Å²) in [6.07, 6.45) is 6.00. The monoisotopic (exact) mass is 631 g/mol. The molecule has 0 saturated carbocycles. The van der Waals surface area contributed by atoms with Crippen molar-refractivity contribution in [2.45, 2.75) is 70.7 Å². The van der Waals surface area contributed by atoms with E-state index < -0.39 is 31.0 Å². The molecule has 41 heavy (non-hydrogen) atoms. The van der Waals surface area contributed by atoms with Crippen LogP contribution in [0.3, 0.4) is 0 Å². The van der Waals surface area contributed by atoms with Crippen LogP contribution >= 0.6 is 15.9 Å². The molecule has 9 nitrogen and oxygen atoms in total. The number of methoxy groups -OCH3 is 1. The normalized spacial score (nSPS) is 24.6. The van der Waals surface area contributed by atoms with E-state index in [0.29, 0.717) is 45.1 Å². The highest BCUT2D eigenvalue weighted by atomic mass is 79.9. The number of aliphatic carboxylic acids is 1. The number of halogens is 1. The lowest BCUT2D eigenvalue weighted by atomic mass is 9.58. The minimum atomic E-state index is -1.05. The van der Waals surface area contributed by atoms with Gasteiger partial charge in [-0.2, -0.15) is 0 Å². The van der Waals surface area contributed by atoms with Gasteiger partial charge in [0.15, 0.2) is 0 Å². The second-order valence-electron chi connectivity index (χ2n) is 11.2. The molecule has 2 saturated heterocycles. The van der Waals surface area contributed by atoms with Crippen molar-refractivity contribution in [3.05, 3.63) is 45.0 Å². The van der Waals surface area contributed by atoms with E-state index in [-0.39, 0.29) is 42.8 Å². The van der Waals surface area contributed by atoms with E-state index in [1.165, 1.54) is 4.90 Å². The Morgan fingerprint density at radius 2 is 1.98 bits per heavy atom. The Morgan fingerprint density at radius 3 is 2.68 bits per heavy atom. The largest absolute Gasteiger partial charge is 0.507 e. The van der Waals surface area contributed by atoms with Gasteiger partial charge in [-0.1, -0.05) is 40.9 Å². The maximum absolute atomic E-state index is 13.6. The molecule has 3 aliphatic rings. The van der Waals surface area contributed by atoms with Crippen LogP contribution in [0.2, 0.25) is 6.32 Å². The predicted octanol–water partition coefficient (Wildman–Crippen LogP) is 4.82. The van der Waals surface area contributed by atoms with Gasteiger partial charge in [-0.25, -0.2) is 0 Å². The van der Waals surface area contributed by atoms with Crippen LogP contribution in [-0.4, -0.2) is 71.4 Å². The molecule has 0 spiro atoms. The van der Waals surface area contributed by atoms with Crippen LogP contribution in [0.4, 0.5) is 0 Å². The topological polar surface area (TPSA) is 134 Å². The number of rotatable bonds is 13. The SMILES string of the molecule is CC/C(=C\c1cc(Br)ccc1O)CC[C@H]1OB(O)C[C@H]2C1=C(COC)C[C@H]1C(=O)N(CCCCCC(=O)O)C(=O)[C@H]12. The van der Waals surface area contributed by atoms with Gasteiger partial charge in [-0.3, -0.25) is 19.3 Å². The van der Waals surface area contributed by atoms with Crippen LogP contribution in [0.1, 0.15) is 63.9 Å². The summed E-state index contributed by atoms with van der Waals surface area (Å²) in [7, 11) is 0.558. The van der Waals surface area contributed by atoms with E-state index in [1.54, 1.807) is 19.2 Å². The second-order valence-corrected chi connectivity index (χ2v) is 12.1. The molecule has 1 aromatic rings. The van der Waals surface area contributed by atoms with Crippen LogP contribution < -0.4 is 0 Å². The highest BCUT2D eigenvalue weighted by Crippen LogP contribution is 2.50. The number of ether oxygens (including phenoxy) is 1. The quantitative estimate of drug-likeness (QED) is 0.122.